The molecule has 70 valence electrons. The molecule has 1 aromatic heterocycles. The van der Waals surface area contributed by atoms with Crippen LogP contribution < -0.4 is 5.73 Å². The van der Waals surface area contributed by atoms with Crippen molar-refractivity contribution in [3.63, 3.8) is 0 Å². The van der Waals surface area contributed by atoms with Gasteiger partial charge in [0.05, 0.1) is 3.79 Å². The number of carbonyl (C=O) groups excluding carboxylic acids is 1. The number of amides is 1. The molecule has 0 spiro atoms. The summed E-state index contributed by atoms with van der Waals surface area (Å²) in [5.74, 6) is 0.365. The summed E-state index contributed by atoms with van der Waals surface area (Å²) in [7, 11) is 0. The summed E-state index contributed by atoms with van der Waals surface area (Å²) in [5.41, 5.74) is 4.91. The Kier molecular flexibility index (Phi) is 2.29. The molecule has 1 heterocycles. The molecule has 1 amide bonds. The minimum Gasteiger partial charge on any atom is -0.446 e. The number of halogens is 1. The standard InChI is InChI=1S/C8H8BrNO2S/c9-7-2-1-6(13-7)4-3-5(4)12-8(10)11/h1-2,4-5H,3H2,(H2,10,11). The van der Waals surface area contributed by atoms with Crippen LogP contribution in [0, 0.1) is 0 Å². The summed E-state index contributed by atoms with van der Waals surface area (Å²) >= 11 is 5.06. The van der Waals surface area contributed by atoms with Crippen molar-refractivity contribution in [2.45, 2.75) is 18.4 Å². The number of thiophene rings is 1. The zero-order valence-electron chi connectivity index (χ0n) is 6.70. The van der Waals surface area contributed by atoms with Gasteiger partial charge in [-0.2, -0.15) is 0 Å². The van der Waals surface area contributed by atoms with Gasteiger partial charge in [-0.1, -0.05) is 0 Å². The number of nitrogens with two attached hydrogens (primary N) is 1. The quantitative estimate of drug-likeness (QED) is 0.890. The maximum absolute atomic E-state index is 10.4. The summed E-state index contributed by atoms with van der Waals surface area (Å²) in [6, 6.07) is 4.05. The smallest absolute Gasteiger partial charge is 0.404 e. The third-order valence-electron chi connectivity index (χ3n) is 1.96. The van der Waals surface area contributed by atoms with Crippen LogP contribution in [0.4, 0.5) is 4.79 Å². The highest BCUT2D eigenvalue weighted by Gasteiger charge is 2.42. The molecule has 13 heavy (non-hydrogen) atoms. The summed E-state index contributed by atoms with van der Waals surface area (Å²) in [5, 5.41) is 0. The van der Waals surface area contributed by atoms with Crippen LogP contribution in [0.3, 0.4) is 0 Å². The first-order valence-corrected chi connectivity index (χ1v) is 5.49. The second-order valence-corrected chi connectivity index (χ2v) is 5.45. The summed E-state index contributed by atoms with van der Waals surface area (Å²) < 4.78 is 5.97. The fourth-order valence-electron chi connectivity index (χ4n) is 1.28. The average molecular weight is 262 g/mol. The number of hydrogen-bond acceptors (Lipinski definition) is 3. The molecule has 5 heteroatoms. The van der Waals surface area contributed by atoms with Gasteiger partial charge in [-0.25, -0.2) is 4.79 Å². The van der Waals surface area contributed by atoms with Gasteiger partial charge in [-0.05, 0) is 34.5 Å². The van der Waals surface area contributed by atoms with Crippen molar-refractivity contribution in [1.29, 1.82) is 0 Å². The Labute approximate surface area is 88.0 Å². The van der Waals surface area contributed by atoms with E-state index >= 15 is 0 Å². The molecule has 1 aromatic rings. The summed E-state index contributed by atoms with van der Waals surface area (Å²) in [6.45, 7) is 0. The molecular weight excluding hydrogens is 254 g/mol. The number of primary amides is 1. The fourth-order valence-corrected chi connectivity index (χ4v) is 2.87. The molecule has 0 aliphatic heterocycles. The van der Waals surface area contributed by atoms with E-state index in [-0.39, 0.29) is 6.10 Å². The van der Waals surface area contributed by atoms with Crippen molar-refractivity contribution < 1.29 is 9.53 Å². The second kappa shape index (κ2) is 3.31. The van der Waals surface area contributed by atoms with Gasteiger partial charge in [0.2, 0.25) is 0 Å². The highest BCUT2D eigenvalue weighted by Crippen LogP contribution is 2.46. The lowest BCUT2D eigenvalue weighted by Gasteiger charge is -1.97. The Morgan fingerprint density at radius 2 is 2.46 bits per heavy atom. The van der Waals surface area contributed by atoms with E-state index in [1.807, 2.05) is 12.1 Å². The van der Waals surface area contributed by atoms with Crippen LogP contribution >= 0.6 is 27.3 Å². The van der Waals surface area contributed by atoms with Crippen LogP contribution in [0.2, 0.25) is 0 Å². The molecule has 2 N–H and O–H groups in total. The Morgan fingerprint density at radius 1 is 1.69 bits per heavy atom. The molecule has 0 saturated heterocycles. The van der Waals surface area contributed by atoms with E-state index in [4.69, 9.17) is 10.5 Å². The highest BCUT2D eigenvalue weighted by atomic mass is 79.9. The molecule has 1 fully saturated rings. The van der Waals surface area contributed by atoms with Gasteiger partial charge in [-0.3, -0.25) is 0 Å². The third-order valence-corrected chi connectivity index (χ3v) is 3.71. The second-order valence-electron chi connectivity index (χ2n) is 2.96. The SMILES string of the molecule is NC(=O)OC1CC1c1ccc(Br)s1. The summed E-state index contributed by atoms with van der Waals surface area (Å²) in [4.78, 5) is 11.7. The number of carbonyl (C=O) groups is 1. The molecule has 1 saturated carbocycles. The van der Waals surface area contributed by atoms with E-state index < -0.39 is 6.09 Å². The van der Waals surface area contributed by atoms with E-state index in [1.165, 1.54) is 4.88 Å². The Balaban J connectivity index is 1.96. The lowest BCUT2D eigenvalue weighted by atomic mass is 10.3. The van der Waals surface area contributed by atoms with Gasteiger partial charge in [0.1, 0.15) is 6.10 Å². The molecule has 0 radical (unpaired) electrons. The van der Waals surface area contributed by atoms with Gasteiger partial charge in [0.15, 0.2) is 0 Å². The van der Waals surface area contributed by atoms with Crippen LogP contribution in [0.5, 0.6) is 0 Å². The number of ether oxygens (including phenoxy) is 1. The fraction of sp³-hybridized carbons (Fsp3) is 0.375. The van der Waals surface area contributed by atoms with Gasteiger partial charge < -0.3 is 10.5 Å². The van der Waals surface area contributed by atoms with Crippen LogP contribution in [0.25, 0.3) is 0 Å². The molecule has 0 aromatic carbocycles. The van der Waals surface area contributed by atoms with Crippen LogP contribution in [-0.2, 0) is 4.74 Å². The first kappa shape index (κ1) is 9.02. The highest BCUT2D eigenvalue weighted by molar-refractivity contribution is 9.11. The lowest BCUT2D eigenvalue weighted by Crippen LogP contribution is -2.14. The normalized spacial score (nSPS) is 25.6. The number of rotatable bonds is 2. The van der Waals surface area contributed by atoms with E-state index in [1.54, 1.807) is 11.3 Å². The van der Waals surface area contributed by atoms with Gasteiger partial charge in [0.25, 0.3) is 0 Å². The largest absolute Gasteiger partial charge is 0.446 e. The Hall–Kier alpha value is -0.550. The zero-order valence-corrected chi connectivity index (χ0v) is 9.10. The number of hydrogen-bond donors (Lipinski definition) is 1. The monoisotopic (exact) mass is 261 g/mol. The minimum absolute atomic E-state index is 0.00282. The Bertz CT molecular complexity index is 339. The van der Waals surface area contributed by atoms with E-state index in [9.17, 15) is 4.79 Å². The first-order valence-electron chi connectivity index (χ1n) is 3.88. The molecule has 0 bridgehead atoms. The molecule has 1 aliphatic rings. The zero-order chi connectivity index (χ0) is 9.42. The van der Waals surface area contributed by atoms with Crippen molar-refractivity contribution in [2.75, 3.05) is 0 Å². The van der Waals surface area contributed by atoms with Crippen molar-refractivity contribution in [2.24, 2.45) is 5.73 Å². The average Bonchev–Trinajstić information content (AvgIpc) is 2.63. The minimum atomic E-state index is -0.678. The molecule has 2 unspecified atom stereocenters. The van der Waals surface area contributed by atoms with E-state index in [0.717, 1.165) is 10.2 Å². The van der Waals surface area contributed by atoms with Crippen molar-refractivity contribution in [3.8, 4) is 0 Å². The summed E-state index contributed by atoms with van der Waals surface area (Å²) in [6.07, 6.45) is 0.224. The van der Waals surface area contributed by atoms with Crippen molar-refractivity contribution in [1.82, 2.24) is 0 Å². The van der Waals surface area contributed by atoms with E-state index in [0.29, 0.717) is 5.92 Å². The van der Waals surface area contributed by atoms with Gasteiger partial charge in [-0.15, -0.1) is 11.3 Å². The predicted octanol–water partition coefficient (Wildman–Crippen LogP) is 2.46. The molecule has 1 aliphatic carbocycles. The van der Waals surface area contributed by atoms with Gasteiger partial charge >= 0.3 is 6.09 Å². The molecule has 2 rings (SSSR count). The van der Waals surface area contributed by atoms with Crippen LogP contribution in [-0.4, -0.2) is 12.2 Å². The van der Waals surface area contributed by atoms with Gasteiger partial charge in [0, 0.05) is 10.8 Å². The van der Waals surface area contributed by atoms with Crippen LogP contribution in [0.1, 0.15) is 17.2 Å². The van der Waals surface area contributed by atoms with E-state index in [2.05, 4.69) is 15.9 Å². The maximum atomic E-state index is 10.4. The molecule has 2 atom stereocenters. The molecular formula is C8H8BrNO2S. The predicted molar refractivity (Wildman–Crippen MR) is 53.8 cm³/mol. The van der Waals surface area contributed by atoms with Crippen LogP contribution in [0.15, 0.2) is 15.9 Å². The lowest BCUT2D eigenvalue weighted by molar-refractivity contribution is 0.147. The Morgan fingerprint density at radius 3 is 3.00 bits per heavy atom. The topological polar surface area (TPSA) is 52.3 Å². The molecule has 3 nitrogen and oxygen atoms in total. The first-order chi connectivity index (χ1) is 6.16. The maximum Gasteiger partial charge on any atom is 0.404 e. The van der Waals surface area contributed by atoms with Crippen molar-refractivity contribution in [3.05, 3.63) is 20.8 Å². The van der Waals surface area contributed by atoms with Crippen molar-refractivity contribution >= 4 is 33.4 Å². The third kappa shape index (κ3) is 2.03.